The lowest BCUT2D eigenvalue weighted by Crippen LogP contribution is -2.05. The first-order valence-corrected chi connectivity index (χ1v) is 8.37. The van der Waals surface area contributed by atoms with Gasteiger partial charge < -0.3 is 4.55 Å². The van der Waals surface area contributed by atoms with Crippen LogP contribution in [-0.4, -0.2) is 23.3 Å². The second-order valence-corrected chi connectivity index (χ2v) is 6.10. The van der Waals surface area contributed by atoms with Crippen molar-refractivity contribution in [3.63, 3.8) is 0 Å². The van der Waals surface area contributed by atoms with Gasteiger partial charge in [-0.3, -0.25) is 9.55 Å². The van der Waals surface area contributed by atoms with Crippen LogP contribution in [0.2, 0.25) is 0 Å². The van der Waals surface area contributed by atoms with E-state index in [2.05, 4.69) is 9.97 Å². The number of benzene rings is 1. The molecule has 5 nitrogen and oxygen atoms in total. The van der Waals surface area contributed by atoms with Gasteiger partial charge in [0.15, 0.2) is 22.6 Å². The van der Waals surface area contributed by atoms with Gasteiger partial charge in [0.25, 0.3) is 0 Å². The lowest BCUT2D eigenvalue weighted by atomic mass is 10.2. The van der Waals surface area contributed by atoms with Gasteiger partial charge in [0.05, 0.1) is 5.75 Å². The zero-order chi connectivity index (χ0) is 18.0. The molecular formula is C16H12F3N3O2S. The Morgan fingerprint density at radius 1 is 1.12 bits per heavy atom. The van der Waals surface area contributed by atoms with Gasteiger partial charge in [-0.2, -0.15) is 13.2 Å². The summed E-state index contributed by atoms with van der Waals surface area (Å²) < 4.78 is 60.2. The van der Waals surface area contributed by atoms with Crippen molar-refractivity contribution in [1.29, 1.82) is 0 Å². The number of alkyl halides is 3. The predicted molar refractivity (Wildman–Crippen MR) is 86.3 cm³/mol. The number of rotatable bonds is 4. The predicted octanol–water partition coefficient (Wildman–Crippen LogP) is 3.67. The summed E-state index contributed by atoms with van der Waals surface area (Å²) in [6.45, 7) is 0. The molecule has 2 heterocycles. The number of hydrogen-bond donors (Lipinski definition) is 1. The number of halogens is 3. The second kappa shape index (κ2) is 6.77. The Bertz CT molecular complexity index is 893. The van der Waals surface area contributed by atoms with Gasteiger partial charge in [-0.15, -0.1) is 0 Å². The van der Waals surface area contributed by atoms with Crippen LogP contribution in [0.1, 0.15) is 11.3 Å². The van der Waals surface area contributed by atoms with Crippen molar-refractivity contribution >= 4 is 11.1 Å². The highest BCUT2D eigenvalue weighted by atomic mass is 32.2. The SMILES string of the molecule is O=S(O)Cc1ccc(-n2cc(C(F)(F)F)nc2-c2ccccn2)cc1. The molecule has 3 aromatic rings. The van der Waals surface area contributed by atoms with Crippen molar-refractivity contribution in [2.24, 2.45) is 0 Å². The normalized spacial score (nSPS) is 13.0. The van der Waals surface area contributed by atoms with Crippen LogP contribution in [0.5, 0.6) is 0 Å². The van der Waals surface area contributed by atoms with Crippen LogP contribution in [0, 0.1) is 0 Å². The third-order valence-corrected chi connectivity index (χ3v) is 3.98. The van der Waals surface area contributed by atoms with Gasteiger partial charge in [-0.25, -0.2) is 9.19 Å². The standard InChI is InChI=1S/C16H12F3N3O2S/c17-16(18,19)14-9-22(15(21-14)13-3-1-2-8-20-13)12-6-4-11(5-7-12)10-25(23)24/h1-9H,10H2,(H,23,24). The Morgan fingerprint density at radius 3 is 2.40 bits per heavy atom. The van der Waals surface area contributed by atoms with E-state index in [4.69, 9.17) is 4.55 Å². The summed E-state index contributed by atoms with van der Waals surface area (Å²) in [6.07, 6.45) is -2.20. The molecule has 0 amide bonds. The number of nitrogens with zero attached hydrogens (tertiary/aromatic N) is 3. The summed E-state index contributed by atoms with van der Waals surface area (Å²) in [5, 5.41) is 0. The maximum Gasteiger partial charge on any atom is 0.434 e. The monoisotopic (exact) mass is 367 g/mol. The summed E-state index contributed by atoms with van der Waals surface area (Å²) in [4.78, 5) is 7.75. The van der Waals surface area contributed by atoms with E-state index in [9.17, 15) is 17.4 Å². The van der Waals surface area contributed by atoms with E-state index in [0.717, 1.165) is 6.20 Å². The van der Waals surface area contributed by atoms with E-state index < -0.39 is 23.0 Å². The maximum atomic E-state index is 13.1. The van der Waals surface area contributed by atoms with Gasteiger partial charge in [0.1, 0.15) is 5.69 Å². The molecule has 1 aromatic carbocycles. The Kier molecular flexibility index (Phi) is 4.69. The first-order valence-electron chi connectivity index (χ1n) is 7.09. The molecule has 0 bridgehead atoms. The average molecular weight is 367 g/mol. The molecule has 0 radical (unpaired) electrons. The lowest BCUT2D eigenvalue weighted by molar-refractivity contribution is -0.140. The fraction of sp³-hybridized carbons (Fsp3) is 0.125. The van der Waals surface area contributed by atoms with E-state index in [0.29, 0.717) is 16.9 Å². The molecule has 0 fully saturated rings. The molecule has 1 unspecified atom stereocenters. The number of imidazole rings is 1. The van der Waals surface area contributed by atoms with E-state index in [-0.39, 0.29) is 11.6 Å². The zero-order valence-electron chi connectivity index (χ0n) is 12.6. The third-order valence-electron chi connectivity index (χ3n) is 3.40. The smallest absolute Gasteiger partial charge is 0.306 e. The van der Waals surface area contributed by atoms with E-state index in [1.54, 1.807) is 42.5 Å². The van der Waals surface area contributed by atoms with Crippen molar-refractivity contribution in [3.8, 4) is 17.2 Å². The quantitative estimate of drug-likeness (QED) is 0.715. The number of pyridine rings is 1. The molecule has 0 spiro atoms. The Morgan fingerprint density at radius 2 is 1.84 bits per heavy atom. The topological polar surface area (TPSA) is 68.0 Å². The largest absolute Gasteiger partial charge is 0.434 e. The van der Waals surface area contributed by atoms with Gasteiger partial charge in [0, 0.05) is 18.1 Å². The molecule has 3 rings (SSSR count). The highest BCUT2D eigenvalue weighted by Gasteiger charge is 2.35. The van der Waals surface area contributed by atoms with Crippen molar-refractivity contribution in [2.45, 2.75) is 11.9 Å². The molecule has 1 N–H and O–H groups in total. The fourth-order valence-corrected chi connectivity index (χ4v) is 2.76. The minimum absolute atomic E-state index is 0.0505. The van der Waals surface area contributed by atoms with Crippen molar-refractivity contribution in [3.05, 3.63) is 66.1 Å². The van der Waals surface area contributed by atoms with Crippen LogP contribution in [0.4, 0.5) is 13.2 Å². The minimum Gasteiger partial charge on any atom is -0.306 e. The summed E-state index contributed by atoms with van der Waals surface area (Å²) >= 11 is -1.99. The molecule has 0 aliphatic carbocycles. The van der Waals surface area contributed by atoms with Crippen molar-refractivity contribution in [1.82, 2.24) is 14.5 Å². The summed E-state index contributed by atoms with van der Waals surface area (Å²) in [6, 6.07) is 11.2. The van der Waals surface area contributed by atoms with Crippen molar-refractivity contribution < 1.29 is 21.9 Å². The summed E-state index contributed by atoms with van der Waals surface area (Å²) in [5.41, 5.74) is 0.323. The van der Waals surface area contributed by atoms with Gasteiger partial charge in [-0.05, 0) is 29.8 Å². The van der Waals surface area contributed by atoms with Crippen LogP contribution >= 0.6 is 0 Å². The van der Waals surface area contributed by atoms with Crippen molar-refractivity contribution in [2.75, 3.05) is 0 Å². The van der Waals surface area contributed by atoms with Gasteiger partial charge >= 0.3 is 6.18 Å². The first-order chi connectivity index (χ1) is 11.8. The Balaban J connectivity index is 2.08. The van der Waals surface area contributed by atoms with Crippen LogP contribution in [0.25, 0.3) is 17.2 Å². The molecule has 2 aromatic heterocycles. The molecule has 0 aliphatic heterocycles. The van der Waals surface area contributed by atoms with Crippen LogP contribution in [-0.2, 0) is 23.0 Å². The molecule has 0 saturated heterocycles. The molecule has 25 heavy (non-hydrogen) atoms. The highest BCUT2D eigenvalue weighted by molar-refractivity contribution is 7.78. The molecule has 0 saturated carbocycles. The lowest BCUT2D eigenvalue weighted by Gasteiger charge is -2.08. The van der Waals surface area contributed by atoms with Crippen LogP contribution in [0.3, 0.4) is 0 Å². The highest BCUT2D eigenvalue weighted by Crippen LogP contribution is 2.32. The van der Waals surface area contributed by atoms with E-state index in [1.807, 2.05) is 0 Å². The molecular weight excluding hydrogens is 355 g/mol. The molecule has 9 heteroatoms. The maximum absolute atomic E-state index is 13.1. The zero-order valence-corrected chi connectivity index (χ0v) is 13.5. The van der Waals surface area contributed by atoms with E-state index >= 15 is 0 Å². The van der Waals surface area contributed by atoms with Crippen LogP contribution in [0.15, 0.2) is 54.9 Å². The second-order valence-electron chi connectivity index (χ2n) is 5.16. The average Bonchev–Trinajstić information content (AvgIpc) is 3.01. The molecule has 1 atom stereocenters. The Hall–Kier alpha value is -2.52. The molecule has 0 aliphatic rings. The Labute approximate surface area is 143 Å². The van der Waals surface area contributed by atoms with Crippen LogP contribution < -0.4 is 0 Å². The van der Waals surface area contributed by atoms with Gasteiger partial charge in [0.2, 0.25) is 0 Å². The third kappa shape index (κ3) is 3.94. The minimum atomic E-state index is -4.58. The summed E-state index contributed by atoms with van der Waals surface area (Å²) in [5.74, 6) is 0.0110. The molecule has 130 valence electrons. The summed E-state index contributed by atoms with van der Waals surface area (Å²) in [7, 11) is 0. The van der Waals surface area contributed by atoms with Gasteiger partial charge in [-0.1, -0.05) is 18.2 Å². The number of aromatic nitrogens is 3. The number of hydrogen-bond acceptors (Lipinski definition) is 3. The van der Waals surface area contributed by atoms with E-state index in [1.165, 1.54) is 10.8 Å². The fourth-order valence-electron chi connectivity index (χ4n) is 2.28. The first kappa shape index (κ1) is 17.3.